The number of amides is 1. The van der Waals surface area contributed by atoms with Crippen LogP contribution in [0.15, 0.2) is 27.1 Å². The van der Waals surface area contributed by atoms with Gasteiger partial charge in [-0.25, -0.2) is 0 Å². The van der Waals surface area contributed by atoms with E-state index in [4.69, 9.17) is 5.26 Å². The first-order valence-corrected chi connectivity index (χ1v) is 7.22. The van der Waals surface area contributed by atoms with Gasteiger partial charge >= 0.3 is 0 Å². The molecule has 1 aromatic rings. The van der Waals surface area contributed by atoms with Crippen LogP contribution in [-0.2, 0) is 0 Å². The average molecular weight is 374 g/mol. The lowest BCUT2D eigenvalue weighted by molar-refractivity contribution is 0.0752. The van der Waals surface area contributed by atoms with Crippen molar-refractivity contribution in [3.63, 3.8) is 0 Å². The van der Waals surface area contributed by atoms with Crippen LogP contribution in [0.5, 0.6) is 0 Å². The number of nitriles is 1. The minimum atomic E-state index is -0.164. The molecule has 0 spiro atoms. The second kappa shape index (κ2) is 6.91. The summed E-state index contributed by atoms with van der Waals surface area (Å²) >= 11 is 6.74. The average Bonchev–Trinajstić information content (AvgIpc) is 2.34. The predicted molar refractivity (Wildman–Crippen MR) is 78.2 cm³/mol. The zero-order valence-electron chi connectivity index (χ0n) is 10.3. The molecule has 1 rings (SSSR count). The van der Waals surface area contributed by atoms with Crippen LogP contribution in [0.4, 0.5) is 0 Å². The minimum Gasteiger partial charge on any atom is -0.338 e. The van der Waals surface area contributed by atoms with Gasteiger partial charge in [0.05, 0.1) is 17.6 Å². The highest BCUT2D eigenvalue weighted by molar-refractivity contribution is 9.11. The molecule has 1 aromatic carbocycles. The highest BCUT2D eigenvalue weighted by Crippen LogP contribution is 2.23. The molecule has 0 aromatic heterocycles. The van der Waals surface area contributed by atoms with E-state index in [0.717, 1.165) is 8.95 Å². The van der Waals surface area contributed by atoms with Crippen LogP contribution in [0.25, 0.3) is 0 Å². The summed E-state index contributed by atoms with van der Waals surface area (Å²) < 4.78 is 1.67. The van der Waals surface area contributed by atoms with Crippen molar-refractivity contribution in [2.75, 3.05) is 13.1 Å². The van der Waals surface area contributed by atoms with Gasteiger partial charge in [0.2, 0.25) is 0 Å². The number of carbonyl (C=O) groups is 1. The first kappa shape index (κ1) is 15.2. The van der Waals surface area contributed by atoms with E-state index in [2.05, 4.69) is 37.9 Å². The maximum Gasteiger partial charge on any atom is 0.255 e. The molecule has 0 saturated heterocycles. The van der Waals surface area contributed by atoms with Crippen LogP contribution >= 0.6 is 31.9 Å². The number of rotatable bonds is 4. The van der Waals surface area contributed by atoms with Crippen molar-refractivity contribution >= 4 is 37.8 Å². The van der Waals surface area contributed by atoms with Crippen LogP contribution in [-0.4, -0.2) is 23.9 Å². The Bertz CT molecular complexity index is 482. The molecule has 0 N–H and O–H groups in total. The van der Waals surface area contributed by atoms with Crippen molar-refractivity contribution in [3.8, 4) is 6.07 Å². The van der Waals surface area contributed by atoms with Gasteiger partial charge in [-0.3, -0.25) is 4.79 Å². The summed E-state index contributed by atoms with van der Waals surface area (Å²) in [5, 5.41) is 8.82. The van der Waals surface area contributed by atoms with Gasteiger partial charge in [-0.05, 0) is 48.0 Å². The quantitative estimate of drug-likeness (QED) is 0.804. The van der Waals surface area contributed by atoms with E-state index in [1.54, 1.807) is 11.0 Å². The largest absolute Gasteiger partial charge is 0.338 e. The third-order valence-corrected chi connectivity index (χ3v) is 3.69. The first-order chi connectivity index (χ1) is 8.49. The van der Waals surface area contributed by atoms with E-state index in [9.17, 15) is 4.79 Å². The summed E-state index contributed by atoms with van der Waals surface area (Å²) in [6.45, 7) is 4.77. The van der Waals surface area contributed by atoms with E-state index < -0.39 is 0 Å². The maximum atomic E-state index is 12.3. The summed E-state index contributed by atoms with van der Waals surface area (Å²) in [6.07, 6.45) is 0. The number of benzene rings is 1. The van der Waals surface area contributed by atoms with Gasteiger partial charge in [0, 0.05) is 22.0 Å². The van der Waals surface area contributed by atoms with Gasteiger partial charge < -0.3 is 4.90 Å². The molecular weight excluding hydrogens is 360 g/mol. The zero-order valence-corrected chi connectivity index (χ0v) is 13.5. The third-order valence-electron chi connectivity index (χ3n) is 2.55. The van der Waals surface area contributed by atoms with Crippen LogP contribution in [0, 0.1) is 17.2 Å². The van der Waals surface area contributed by atoms with Gasteiger partial charge in [-0.1, -0.05) is 15.9 Å². The monoisotopic (exact) mass is 372 g/mol. The van der Waals surface area contributed by atoms with Gasteiger partial charge in [-0.2, -0.15) is 5.26 Å². The lowest BCUT2D eigenvalue weighted by Crippen LogP contribution is -2.34. The molecule has 0 aliphatic carbocycles. The van der Waals surface area contributed by atoms with Crippen molar-refractivity contribution in [1.29, 1.82) is 5.26 Å². The van der Waals surface area contributed by atoms with Gasteiger partial charge in [0.15, 0.2) is 0 Å². The molecule has 0 fully saturated rings. The third kappa shape index (κ3) is 3.82. The molecule has 0 radical (unpaired) electrons. The SMILES string of the molecule is CCN(CC(C)C#N)C(=O)c1ccc(Br)cc1Br. The van der Waals surface area contributed by atoms with E-state index >= 15 is 0 Å². The Balaban J connectivity index is 2.94. The summed E-state index contributed by atoms with van der Waals surface area (Å²) in [5.41, 5.74) is 0.616. The van der Waals surface area contributed by atoms with E-state index in [1.807, 2.05) is 26.0 Å². The molecule has 1 unspecified atom stereocenters. The Morgan fingerprint density at radius 1 is 1.50 bits per heavy atom. The number of hydrogen-bond donors (Lipinski definition) is 0. The van der Waals surface area contributed by atoms with E-state index in [0.29, 0.717) is 18.7 Å². The fraction of sp³-hybridized carbons (Fsp3) is 0.385. The molecule has 5 heteroatoms. The van der Waals surface area contributed by atoms with Crippen LogP contribution in [0.3, 0.4) is 0 Å². The summed E-state index contributed by atoms with van der Waals surface area (Å²) in [7, 11) is 0. The highest BCUT2D eigenvalue weighted by atomic mass is 79.9. The summed E-state index contributed by atoms with van der Waals surface area (Å²) in [4.78, 5) is 14.0. The van der Waals surface area contributed by atoms with Crippen molar-refractivity contribution in [3.05, 3.63) is 32.7 Å². The normalized spacial score (nSPS) is 11.7. The molecule has 1 amide bonds. The lowest BCUT2D eigenvalue weighted by atomic mass is 10.1. The number of halogens is 2. The highest BCUT2D eigenvalue weighted by Gasteiger charge is 2.18. The first-order valence-electron chi connectivity index (χ1n) is 5.63. The van der Waals surface area contributed by atoms with Crippen molar-refractivity contribution in [1.82, 2.24) is 4.90 Å². The Kier molecular flexibility index (Phi) is 5.83. The topological polar surface area (TPSA) is 44.1 Å². The summed E-state index contributed by atoms with van der Waals surface area (Å²) in [5.74, 6) is -0.220. The number of carbonyl (C=O) groups excluding carboxylic acids is 1. The van der Waals surface area contributed by atoms with Crippen molar-refractivity contribution in [2.45, 2.75) is 13.8 Å². The standard InChI is InChI=1S/C13H14Br2N2O/c1-3-17(8-9(2)7-16)13(18)11-5-4-10(14)6-12(11)15/h4-6,9H,3,8H2,1-2H3. The fourth-order valence-electron chi connectivity index (χ4n) is 1.56. The second-order valence-electron chi connectivity index (χ2n) is 4.00. The second-order valence-corrected chi connectivity index (χ2v) is 5.77. The molecule has 0 aliphatic rings. The smallest absolute Gasteiger partial charge is 0.255 e. The van der Waals surface area contributed by atoms with Gasteiger partial charge in [0.1, 0.15) is 0 Å². The Morgan fingerprint density at radius 2 is 2.17 bits per heavy atom. The molecular formula is C13H14Br2N2O. The minimum absolute atomic E-state index is 0.0565. The molecule has 0 bridgehead atoms. The van der Waals surface area contributed by atoms with E-state index in [-0.39, 0.29) is 11.8 Å². The van der Waals surface area contributed by atoms with Crippen LogP contribution < -0.4 is 0 Å². The fourth-order valence-corrected chi connectivity index (χ4v) is 2.78. The van der Waals surface area contributed by atoms with Crippen molar-refractivity contribution in [2.24, 2.45) is 5.92 Å². The molecule has 0 heterocycles. The number of nitrogens with zero attached hydrogens (tertiary/aromatic N) is 2. The Labute approximate surface area is 124 Å². The van der Waals surface area contributed by atoms with Crippen molar-refractivity contribution < 1.29 is 4.79 Å². The molecule has 96 valence electrons. The zero-order chi connectivity index (χ0) is 13.7. The lowest BCUT2D eigenvalue weighted by Gasteiger charge is -2.22. The summed E-state index contributed by atoms with van der Waals surface area (Å²) in [6, 6.07) is 7.60. The van der Waals surface area contributed by atoms with Crippen LogP contribution in [0.2, 0.25) is 0 Å². The molecule has 0 aliphatic heterocycles. The number of hydrogen-bond acceptors (Lipinski definition) is 2. The molecule has 18 heavy (non-hydrogen) atoms. The van der Waals surface area contributed by atoms with E-state index in [1.165, 1.54) is 0 Å². The molecule has 1 atom stereocenters. The van der Waals surface area contributed by atoms with Crippen LogP contribution in [0.1, 0.15) is 24.2 Å². The molecule has 0 saturated carbocycles. The predicted octanol–water partition coefficient (Wildman–Crippen LogP) is 3.83. The Hall–Kier alpha value is -0.860. The Morgan fingerprint density at radius 3 is 2.67 bits per heavy atom. The maximum absolute atomic E-state index is 12.3. The van der Waals surface area contributed by atoms with Gasteiger partial charge in [0.25, 0.3) is 5.91 Å². The molecule has 3 nitrogen and oxygen atoms in total. The van der Waals surface area contributed by atoms with Gasteiger partial charge in [-0.15, -0.1) is 0 Å².